The predicted molar refractivity (Wildman–Crippen MR) is 116 cm³/mol. The van der Waals surface area contributed by atoms with E-state index in [1.807, 2.05) is 25.7 Å². The zero-order valence-electron chi connectivity index (χ0n) is 18.4. The molecule has 0 aliphatic carbocycles. The monoisotopic (exact) mass is 434 g/mol. The largest absolute Gasteiger partial charge is 0.371 e. The van der Waals surface area contributed by atoms with E-state index in [1.54, 1.807) is 13.0 Å². The van der Waals surface area contributed by atoms with Crippen molar-refractivity contribution in [1.82, 2.24) is 0 Å². The summed E-state index contributed by atoms with van der Waals surface area (Å²) in [5.41, 5.74) is 1.16. The number of anilines is 2. The molecule has 0 saturated carbocycles. The van der Waals surface area contributed by atoms with Crippen molar-refractivity contribution in [2.24, 2.45) is 5.41 Å². The summed E-state index contributed by atoms with van der Waals surface area (Å²) >= 11 is 0. The number of carbonyl (C=O) groups excluding carboxylic acids is 1. The molecule has 1 amide bonds. The van der Waals surface area contributed by atoms with Gasteiger partial charge in [-0.15, -0.1) is 0 Å². The van der Waals surface area contributed by atoms with E-state index >= 15 is 0 Å². The molecule has 1 N–H and O–H groups in total. The first-order chi connectivity index (χ1) is 14.5. The van der Waals surface area contributed by atoms with E-state index in [0.717, 1.165) is 0 Å². The number of nitrogens with one attached hydrogen (secondary N) is 1. The third-order valence-electron chi connectivity index (χ3n) is 5.26. The maximum Gasteiger partial charge on any atom is 0.224 e. The number of hydrogen-bond donors (Lipinski definition) is 1. The first kappa shape index (κ1) is 23.1. The number of aryl methyl sites for hydroxylation is 1. The molecule has 4 nitrogen and oxygen atoms in total. The Morgan fingerprint density at radius 3 is 2.42 bits per heavy atom. The number of halogens is 3. The number of rotatable bonds is 4. The predicted octanol–water partition coefficient (Wildman–Crippen LogP) is 5.76. The summed E-state index contributed by atoms with van der Waals surface area (Å²) in [5.74, 6) is -2.01. The van der Waals surface area contributed by atoms with Crippen molar-refractivity contribution in [3.05, 3.63) is 58.9 Å². The van der Waals surface area contributed by atoms with E-state index < -0.39 is 23.6 Å². The maximum atomic E-state index is 14.8. The van der Waals surface area contributed by atoms with Crippen molar-refractivity contribution in [1.29, 1.82) is 0 Å². The molecule has 1 saturated heterocycles. The van der Waals surface area contributed by atoms with Gasteiger partial charge < -0.3 is 15.0 Å². The molecule has 3 rings (SSSR count). The molecule has 0 radical (unpaired) electrons. The van der Waals surface area contributed by atoms with Crippen molar-refractivity contribution < 1.29 is 22.7 Å². The molecular formula is C24H29F3N2O2. The van der Waals surface area contributed by atoms with Gasteiger partial charge in [-0.25, -0.2) is 13.2 Å². The molecule has 2 aromatic rings. The Kier molecular flexibility index (Phi) is 6.94. The van der Waals surface area contributed by atoms with E-state index in [1.165, 1.54) is 24.3 Å². The minimum atomic E-state index is -0.701. The van der Waals surface area contributed by atoms with E-state index in [9.17, 15) is 18.0 Å². The first-order valence-electron chi connectivity index (χ1n) is 10.5. The minimum absolute atomic E-state index is 0.0661. The van der Waals surface area contributed by atoms with E-state index in [4.69, 9.17) is 4.74 Å². The highest BCUT2D eigenvalue weighted by Gasteiger charge is 2.25. The molecule has 1 aliphatic heterocycles. The van der Waals surface area contributed by atoms with E-state index in [-0.39, 0.29) is 35.6 Å². The second kappa shape index (κ2) is 9.30. The SMILES string of the molecule is Cc1cc(N2CCO[C@@H](c3c(F)cccc3F)CC2)cc(F)c1NC(=O)CC(C)(C)C. The van der Waals surface area contributed by atoms with Crippen molar-refractivity contribution in [3.63, 3.8) is 0 Å². The van der Waals surface area contributed by atoms with Gasteiger partial charge in [-0.1, -0.05) is 26.8 Å². The topological polar surface area (TPSA) is 41.6 Å². The van der Waals surface area contributed by atoms with Crippen LogP contribution in [-0.4, -0.2) is 25.6 Å². The molecule has 1 aliphatic rings. The third kappa shape index (κ3) is 5.79. The standard InChI is InChI=1S/C24H29F3N2O2/c1-15-12-16(13-19(27)23(15)28-21(30)14-24(2,3)4)29-9-8-20(31-11-10-29)22-17(25)6-5-7-18(22)26/h5-7,12-13,20H,8-11,14H2,1-4H3,(H,28,30)/t20-/m1/s1. The smallest absolute Gasteiger partial charge is 0.224 e. The average molecular weight is 435 g/mol. The molecule has 1 heterocycles. The first-order valence-corrected chi connectivity index (χ1v) is 10.5. The molecule has 0 spiro atoms. The van der Waals surface area contributed by atoms with Crippen LogP contribution in [0.4, 0.5) is 24.5 Å². The van der Waals surface area contributed by atoms with E-state index in [2.05, 4.69) is 5.32 Å². The van der Waals surface area contributed by atoms with Crippen LogP contribution in [0.25, 0.3) is 0 Å². The lowest BCUT2D eigenvalue weighted by Gasteiger charge is -2.24. The quantitative estimate of drug-likeness (QED) is 0.666. The summed E-state index contributed by atoms with van der Waals surface area (Å²) in [4.78, 5) is 14.2. The van der Waals surface area contributed by atoms with Gasteiger partial charge in [0.2, 0.25) is 5.91 Å². The normalized spacial score (nSPS) is 17.4. The van der Waals surface area contributed by atoms with Crippen LogP contribution in [0.1, 0.15) is 50.8 Å². The second-order valence-corrected chi connectivity index (χ2v) is 9.18. The average Bonchev–Trinajstić information content (AvgIpc) is 2.89. The van der Waals surface area contributed by atoms with Crippen LogP contribution in [0, 0.1) is 29.8 Å². The highest BCUT2D eigenvalue weighted by Crippen LogP contribution is 2.32. The van der Waals surface area contributed by atoms with Gasteiger partial charge in [-0.3, -0.25) is 4.79 Å². The van der Waals surface area contributed by atoms with Crippen molar-refractivity contribution in [2.75, 3.05) is 29.9 Å². The van der Waals surface area contributed by atoms with Gasteiger partial charge in [0.05, 0.1) is 24.0 Å². The summed E-state index contributed by atoms with van der Waals surface area (Å²) in [6, 6.07) is 6.94. The fraction of sp³-hybridized carbons (Fsp3) is 0.458. The van der Waals surface area contributed by atoms with Crippen LogP contribution in [0.3, 0.4) is 0 Å². The lowest BCUT2D eigenvalue weighted by Crippen LogP contribution is -2.26. The van der Waals surface area contributed by atoms with Crippen molar-refractivity contribution in [3.8, 4) is 0 Å². The Labute approximate surface area is 181 Å². The summed E-state index contributed by atoms with van der Waals surface area (Å²) < 4.78 is 48.8. The lowest BCUT2D eigenvalue weighted by molar-refractivity contribution is -0.117. The lowest BCUT2D eigenvalue weighted by atomic mass is 9.92. The molecule has 0 bridgehead atoms. The van der Waals surface area contributed by atoms with Gasteiger partial charge >= 0.3 is 0 Å². The van der Waals surface area contributed by atoms with Gasteiger partial charge in [0.15, 0.2) is 0 Å². The molecule has 0 unspecified atom stereocenters. The number of hydrogen-bond acceptors (Lipinski definition) is 3. The van der Waals surface area contributed by atoms with Gasteiger partial charge in [0, 0.05) is 25.2 Å². The number of ether oxygens (including phenoxy) is 1. The van der Waals surface area contributed by atoms with Crippen molar-refractivity contribution >= 4 is 17.3 Å². The molecule has 1 fully saturated rings. The highest BCUT2D eigenvalue weighted by atomic mass is 19.1. The molecule has 7 heteroatoms. The molecule has 31 heavy (non-hydrogen) atoms. The minimum Gasteiger partial charge on any atom is -0.371 e. The Hall–Kier alpha value is -2.54. The summed E-state index contributed by atoms with van der Waals surface area (Å²) in [7, 11) is 0. The second-order valence-electron chi connectivity index (χ2n) is 9.18. The maximum absolute atomic E-state index is 14.8. The summed E-state index contributed by atoms with van der Waals surface area (Å²) in [6.45, 7) is 8.74. The molecule has 0 aromatic heterocycles. The molecule has 2 aromatic carbocycles. The van der Waals surface area contributed by atoms with E-state index in [0.29, 0.717) is 30.8 Å². The highest BCUT2D eigenvalue weighted by molar-refractivity contribution is 5.92. The summed E-state index contributed by atoms with van der Waals surface area (Å²) in [5, 5.41) is 2.68. The third-order valence-corrected chi connectivity index (χ3v) is 5.26. The number of benzene rings is 2. The van der Waals surface area contributed by atoms with Crippen LogP contribution in [0.5, 0.6) is 0 Å². The number of nitrogens with zero attached hydrogens (tertiary/aromatic N) is 1. The Morgan fingerprint density at radius 1 is 1.13 bits per heavy atom. The zero-order chi connectivity index (χ0) is 22.8. The molecular weight excluding hydrogens is 405 g/mol. The summed E-state index contributed by atoms with van der Waals surface area (Å²) in [6.07, 6.45) is -0.0543. The number of amides is 1. The fourth-order valence-corrected chi connectivity index (χ4v) is 3.81. The Morgan fingerprint density at radius 2 is 1.81 bits per heavy atom. The van der Waals surface area contributed by atoms with Gasteiger partial charge in [-0.05, 0) is 48.6 Å². The fourth-order valence-electron chi connectivity index (χ4n) is 3.81. The Balaban J connectivity index is 1.74. The van der Waals surface area contributed by atoms with Crippen LogP contribution in [-0.2, 0) is 9.53 Å². The van der Waals surface area contributed by atoms with Crippen LogP contribution in [0.2, 0.25) is 0 Å². The van der Waals surface area contributed by atoms with Crippen molar-refractivity contribution in [2.45, 2.75) is 46.6 Å². The van der Waals surface area contributed by atoms with Gasteiger partial charge in [0.1, 0.15) is 17.5 Å². The zero-order valence-corrected chi connectivity index (χ0v) is 18.4. The molecule has 1 atom stereocenters. The van der Waals surface area contributed by atoms with Crippen LogP contribution >= 0.6 is 0 Å². The Bertz CT molecular complexity index is 913. The van der Waals surface area contributed by atoms with Gasteiger partial charge in [0.25, 0.3) is 0 Å². The van der Waals surface area contributed by atoms with Crippen LogP contribution in [0.15, 0.2) is 30.3 Å². The van der Waals surface area contributed by atoms with Gasteiger partial charge in [-0.2, -0.15) is 0 Å². The van der Waals surface area contributed by atoms with Crippen LogP contribution < -0.4 is 10.2 Å². The number of carbonyl (C=O) groups is 1. The molecule has 168 valence electrons.